The fourth-order valence-electron chi connectivity index (χ4n) is 3.31. The van der Waals surface area contributed by atoms with Crippen molar-refractivity contribution in [3.8, 4) is 26.2 Å². The minimum Gasteiger partial charge on any atom is -0.497 e. The summed E-state index contributed by atoms with van der Waals surface area (Å²) in [7, 11) is 1.62. The zero-order valence-corrected chi connectivity index (χ0v) is 20.0. The number of nitrogens with one attached hydrogen (secondary N) is 1. The predicted molar refractivity (Wildman–Crippen MR) is 132 cm³/mol. The summed E-state index contributed by atoms with van der Waals surface area (Å²) < 4.78 is 6.54. The molecule has 4 rings (SSSR count). The molecule has 0 radical (unpaired) electrons. The number of amides is 1. The highest BCUT2D eigenvalue weighted by Gasteiger charge is 2.14. The zero-order chi connectivity index (χ0) is 23.2. The van der Waals surface area contributed by atoms with Crippen LogP contribution in [0.25, 0.3) is 20.5 Å². The Hall–Kier alpha value is -3.30. The van der Waals surface area contributed by atoms with Crippen LogP contribution in [-0.4, -0.2) is 34.3 Å². The Bertz CT molecular complexity index is 1280. The van der Waals surface area contributed by atoms with E-state index in [4.69, 9.17) is 4.74 Å². The first-order chi connectivity index (χ1) is 16.0. The first kappa shape index (κ1) is 22.9. The first-order valence-electron chi connectivity index (χ1n) is 10.5. The number of thiophene rings is 1. The summed E-state index contributed by atoms with van der Waals surface area (Å²) in [6.07, 6.45) is 1.01. The fraction of sp³-hybridized carbons (Fsp3) is 0.250. The maximum Gasteiger partial charge on any atom is 0.266 e. The van der Waals surface area contributed by atoms with Gasteiger partial charge in [-0.1, -0.05) is 18.2 Å². The second-order valence-electron chi connectivity index (χ2n) is 7.39. The lowest BCUT2D eigenvalue weighted by Gasteiger charge is -2.08. The third-order valence-electron chi connectivity index (χ3n) is 5.07. The molecule has 7 nitrogen and oxygen atoms in total. The second-order valence-corrected chi connectivity index (χ2v) is 9.34. The van der Waals surface area contributed by atoms with E-state index in [9.17, 15) is 9.59 Å². The van der Waals surface area contributed by atoms with E-state index in [1.165, 1.54) is 10.7 Å². The molecule has 0 aliphatic rings. The van der Waals surface area contributed by atoms with Crippen molar-refractivity contribution in [2.75, 3.05) is 13.7 Å². The van der Waals surface area contributed by atoms with Crippen molar-refractivity contribution in [3.05, 3.63) is 75.5 Å². The number of aromatic nitrogens is 3. The molecule has 170 valence electrons. The number of hydrogen-bond donors (Lipinski definition) is 1. The number of rotatable bonds is 9. The van der Waals surface area contributed by atoms with Crippen LogP contribution in [0.4, 0.5) is 0 Å². The van der Waals surface area contributed by atoms with Gasteiger partial charge < -0.3 is 10.1 Å². The van der Waals surface area contributed by atoms with Gasteiger partial charge in [-0.05, 0) is 48.6 Å². The van der Waals surface area contributed by atoms with Crippen molar-refractivity contribution < 1.29 is 9.53 Å². The van der Waals surface area contributed by atoms with E-state index in [0.717, 1.165) is 31.8 Å². The second kappa shape index (κ2) is 10.5. The Balaban J connectivity index is 1.35. The third kappa shape index (κ3) is 5.74. The van der Waals surface area contributed by atoms with Gasteiger partial charge in [0.2, 0.25) is 5.91 Å². The van der Waals surface area contributed by atoms with Crippen molar-refractivity contribution in [1.29, 1.82) is 0 Å². The van der Waals surface area contributed by atoms with Crippen molar-refractivity contribution in [2.24, 2.45) is 0 Å². The van der Waals surface area contributed by atoms with Crippen LogP contribution >= 0.6 is 22.7 Å². The largest absolute Gasteiger partial charge is 0.497 e. The number of nitrogens with zero attached hydrogens (tertiary/aromatic N) is 3. The summed E-state index contributed by atoms with van der Waals surface area (Å²) in [6, 6.07) is 14.9. The number of methoxy groups -OCH3 is 1. The van der Waals surface area contributed by atoms with Gasteiger partial charge in [-0.15, -0.1) is 22.7 Å². The molecule has 0 aliphatic heterocycles. The van der Waals surface area contributed by atoms with Gasteiger partial charge in [0, 0.05) is 19.0 Å². The molecule has 1 aromatic carbocycles. The molecule has 0 spiro atoms. The Labute approximate surface area is 199 Å². The SMILES string of the molecule is COc1ccc(CCC(=O)NCCn2nc(-c3sc(-c4cccs4)nc3C)ccc2=O)cc1. The van der Waals surface area contributed by atoms with Crippen LogP contribution in [-0.2, 0) is 17.8 Å². The van der Waals surface area contributed by atoms with Crippen LogP contribution in [0.1, 0.15) is 17.7 Å². The van der Waals surface area contributed by atoms with E-state index in [1.807, 2.05) is 48.7 Å². The van der Waals surface area contributed by atoms with Crippen LogP contribution in [0.2, 0.25) is 0 Å². The molecule has 0 unspecified atom stereocenters. The van der Waals surface area contributed by atoms with Crippen LogP contribution < -0.4 is 15.6 Å². The molecule has 0 atom stereocenters. The lowest BCUT2D eigenvalue weighted by atomic mass is 10.1. The lowest BCUT2D eigenvalue weighted by molar-refractivity contribution is -0.121. The van der Waals surface area contributed by atoms with Gasteiger partial charge in [-0.2, -0.15) is 5.10 Å². The third-order valence-corrected chi connectivity index (χ3v) is 7.29. The normalized spacial score (nSPS) is 10.8. The topological polar surface area (TPSA) is 86.1 Å². The monoisotopic (exact) mass is 480 g/mol. The van der Waals surface area contributed by atoms with E-state index >= 15 is 0 Å². The molecule has 1 N–H and O–H groups in total. The summed E-state index contributed by atoms with van der Waals surface area (Å²) in [5.74, 6) is 0.730. The summed E-state index contributed by atoms with van der Waals surface area (Å²) in [4.78, 5) is 31.2. The molecule has 3 heterocycles. The Morgan fingerprint density at radius 2 is 1.97 bits per heavy atom. The minimum atomic E-state index is -0.202. The summed E-state index contributed by atoms with van der Waals surface area (Å²) >= 11 is 3.21. The molecule has 33 heavy (non-hydrogen) atoms. The number of aryl methyl sites for hydroxylation is 2. The molecule has 0 saturated carbocycles. The number of carbonyl (C=O) groups is 1. The number of carbonyl (C=O) groups excluding carboxylic acids is 1. The van der Waals surface area contributed by atoms with Crippen molar-refractivity contribution in [3.63, 3.8) is 0 Å². The average molecular weight is 481 g/mol. The van der Waals surface area contributed by atoms with Crippen LogP contribution in [0.3, 0.4) is 0 Å². The molecule has 0 saturated heterocycles. The van der Waals surface area contributed by atoms with Gasteiger partial charge in [0.15, 0.2) is 0 Å². The van der Waals surface area contributed by atoms with E-state index in [2.05, 4.69) is 15.4 Å². The van der Waals surface area contributed by atoms with Gasteiger partial charge in [0.1, 0.15) is 16.5 Å². The smallest absolute Gasteiger partial charge is 0.266 e. The van der Waals surface area contributed by atoms with Crippen LogP contribution in [0, 0.1) is 6.92 Å². The van der Waals surface area contributed by atoms with Gasteiger partial charge in [-0.3, -0.25) is 9.59 Å². The number of hydrogen-bond acceptors (Lipinski definition) is 7. The zero-order valence-electron chi connectivity index (χ0n) is 18.4. The molecular formula is C24H24N4O3S2. The van der Waals surface area contributed by atoms with Crippen LogP contribution in [0.5, 0.6) is 5.75 Å². The van der Waals surface area contributed by atoms with Crippen molar-refractivity contribution in [2.45, 2.75) is 26.3 Å². The number of ether oxygens (including phenoxy) is 1. The van der Waals surface area contributed by atoms with Gasteiger partial charge in [0.25, 0.3) is 5.56 Å². The number of thiazole rings is 1. The fourth-order valence-corrected chi connectivity index (χ4v) is 5.14. The highest BCUT2D eigenvalue weighted by atomic mass is 32.1. The molecule has 1 amide bonds. The molecular weight excluding hydrogens is 456 g/mol. The highest BCUT2D eigenvalue weighted by Crippen LogP contribution is 2.35. The highest BCUT2D eigenvalue weighted by molar-refractivity contribution is 7.23. The lowest BCUT2D eigenvalue weighted by Crippen LogP contribution is -2.32. The average Bonchev–Trinajstić information content (AvgIpc) is 3.49. The van der Waals surface area contributed by atoms with Gasteiger partial charge >= 0.3 is 0 Å². The quantitative estimate of drug-likeness (QED) is 0.389. The van der Waals surface area contributed by atoms with E-state index in [1.54, 1.807) is 35.8 Å². The Kier molecular flexibility index (Phi) is 7.31. The van der Waals surface area contributed by atoms with Crippen molar-refractivity contribution in [1.82, 2.24) is 20.1 Å². The predicted octanol–water partition coefficient (Wildman–Crippen LogP) is 4.16. The van der Waals surface area contributed by atoms with Gasteiger partial charge in [-0.25, -0.2) is 9.67 Å². The minimum absolute atomic E-state index is 0.0612. The molecule has 9 heteroatoms. The molecule has 3 aromatic heterocycles. The van der Waals surface area contributed by atoms with E-state index < -0.39 is 0 Å². The standard InChI is InChI=1S/C24H24N4O3S2/c1-16-23(33-24(26-16)20-4-3-15-32-20)19-10-12-22(30)28(27-19)14-13-25-21(29)11-7-17-5-8-18(31-2)9-6-17/h3-6,8-10,12,15H,7,11,13-14H2,1-2H3,(H,25,29). The van der Waals surface area contributed by atoms with Crippen LogP contribution in [0.15, 0.2) is 58.7 Å². The maximum absolute atomic E-state index is 12.3. The molecule has 4 aromatic rings. The maximum atomic E-state index is 12.3. The molecule has 0 fully saturated rings. The summed E-state index contributed by atoms with van der Waals surface area (Å²) in [6.45, 7) is 2.58. The van der Waals surface area contributed by atoms with E-state index in [-0.39, 0.29) is 11.5 Å². The van der Waals surface area contributed by atoms with Gasteiger partial charge in [0.05, 0.1) is 29.1 Å². The van der Waals surface area contributed by atoms with Crippen molar-refractivity contribution >= 4 is 28.6 Å². The summed E-state index contributed by atoms with van der Waals surface area (Å²) in [5, 5.41) is 10.4. The first-order valence-corrected chi connectivity index (χ1v) is 12.2. The Morgan fingerprint density at radius 1 is 1.15 bits per heavy atom. The molecule has 0 aliphatic carbocycles. The summed E-state index contributed by atoms with van der Waals surface area (Å²) in [5.41, 5.74) is 2.46. The van der Waals surface area contributed by atoms with E-state index in [0.29, 0.717) is 31.6 Å². The molecule has 0 bridgehead atoms. The Morgan fingerprint density at radius 3 is 2.70 bits per heavy atom. The number of benzene rings is 1.